The van der Waals surface area contributed by atoms with Crippen LogP contribution in [0.3, 0.4) is 0 Å². The molecule has 0 fully saturated rings. The first-order chi connectivity index (χ1) is 16.6. The Morgan fingerprint density at radius 3 is 1.68 bits per heavy atom. The summed E-state index contributed by atoms with van der Waals surface area (Å²) >= 11 is 0. The van der Waals surface area contributed by atoms with E-state index in [0.717, 1.165) is 41.5 Å². The number of rotatable bonds is 13. The molecule has 1 atom stereocenters. The number of ketones is 1. The summed E-state index contributed by atoms with van der Waals surface area (Å²) in [4.78, 5) is 23.1. The van der Waals surface area contributed by atoms with Gasteiger partial charge in [0.05, 0.1) is 6.10 Å². The molecular weight excluding hydrogens is 420 g/mol. The monoisotopic (exact) mass is 454 g/mol. The van der Waals surface area contributed by atoms with Crippen LogP contribution < -0.4 is 0 Å². The van der Waals surface area contributed by atoms with Crippen molar-refractivity contribution in [3.63, 3.8) is 0 Å². The molecule has 0 aliphatic carbocycles. The Morgan fingerprint density at radius 1 is 0.824 bits per heavy atom. The van der Waals surface area contributed by atoms with Crippen molar-refractivity contribution in [2.75, 3.05) is 0 Å². The van der Waals surface area contributed by atoms with Gasteiger partial charge in [-0.1, -0.05) is 104 Å². The van der Waals surface area contributed by atoms with Gasteiger partial charge >= 0.3 is 0 Å². The zero-order valence-electron chi connectivity index (χ0n) is 20.2. The standard InChI is InChI=1S/C31H34O3/c1-3-26(24-32)23-30(22-14-13-15-25(2)33)34-31(27-16-7-4-8-17-27,28-18-9-5-10-19-28)29-20-11-6-12-21-29/h4-12,16-21,30H,3,13-15,22-23H2,1-2H3. The van der Waals surface area contributed by atoms with E-state index in [4.69, 9.17) is 4.74 Å². The molecule has 0 amide bonds. The van der Waals surface area contributed by atoms with Crippen LogP contribution in [0.1, 0.15) is 69.1 Å². The molecule has 3 aromatic carbocycles. The van der Waals surface area contributed by atoms with E-state index in [9.17, 15) is 9.59 Å². The number of Topliss-reactive ketones (excluding diaryl/α,β-unsaturated/α-hetero) is 1. The van der Waals surface area contributed by atoms with Crippen LogP contribution in [0.2, 0.25) is 0 Å². The molecule has 0 saturated heterocycles. The Labute approximate surface area is 203 Å². The van der Waals surface area contributed by atoms with Gasteiger partial charge in [0, 0.05) is 18.4 Å². The maximum absolute atomic E-state index is 11.6. The lowest BCUT2D eigenvalue weighted by Crippen LogP contribution is -2.37. The summed E-state index contributed by atoms with van der Waals surface area (Å²) in [6.07, 6.45) is 3.96. The van der Waals surface area contributed by atoms with Crippen LogP contribution in [0.15, 0.2) is 96.6 Å². The minimum absolute atomic E-state index is 0.201. The van der Waals surface area contributed by atoms with Crippen molar-refractivity contribution in [3.05, 3.63) is 113 Å². The van der Waals surface area contributed by atoms with Crippen LogP contribution in [0.5, 0.6) is 0 Å². The Bertz CT molecular complexity index is 971. The molecule has 3 aromatic rings. The lowest BCUT2D eigenvalue weighted by Gasteiger charge is -2.39. The van der Waals surface area contributed by atoms with Gasteiger partial charge in [0.2, 0.25) is 0 Å². The van der Waals surface area contributed by atoms with Gasteiger partial charge in [-0.2, -0.15) is 0 Å². The lowest BCUT2D eigenvalue weighted by atomic mass is 9.79. The zero-order chi connectivity index (χ0) is 24.2. The van der Waals surface area contributed by atoms with Crippen LogP contribution >= 0.6 is 0 Å². The van der Waals surface area contributed by atoms with Gasteiger partial charge in [0.25, 0.3) is 0 Å². The van der Waals surface area contributed by atoms with Crippen LogP contribution in [-0.4, -0.2) is 17.8 Å². The molecule has 0 spiro atoms. The van der Waals surface area contributed by atoms with Crippen molar-refractivity contribution < 1.29 is 14.3 Å². The molecule has 1 unspecified atom stereocenters. The average Bonchev–Trinajstić information content (AvgIpc) is 2.89. The van der Waals surface area contributed by atoms with E-state index in [0.29, 0.717) is 19.3 Å². The van der Waals surface area contributed by atoms with Crippen LogP contribution in [0.4, 0.5) is 0 Å². The van der Waals surface area contributed by atoms with Crippen LogP contribution in [0, 0.1) is 0 Å². The van der Waals surface area contributed by atoms with Crippen LogP contribution in [-0.2, 0) is 19.9 Å². The second-order valence-corrected chi connectivity index (χ2v) is 8.73. The van der Waals surface area contributed by atoms with E-state index in [1.54, 1.807) is 6.92 Å². The highest BCUT2D eigenvalue weighted by Gasteiger charge is 2.39. The number of carbonyl (C=O) groups is 1. The predicted octanol–water partition coefficient (Wildman–Crippen LogP) is 7.07. The first-order valence-corrected chi connectivity index (χ1v) is 12.2. The summed E-state index contributed by atoms with van der Waals surface area (Å²) < 4.78 is 7.15. The summed E-state index contributed by atoms with van der Waals surface area (Å²) in [6.45, 7) is 3.61. The Balaban J connectivity index is 2.10. The highest BCUT2D eigenvalue weighted by molar-refractivity contribution is 5.75. The quantitative estimate of drug-likeness (QED) is 0.158. The van der Waals surface area contributed by atoms with E-state index >= 15 is 0 Å². The maximum atomic E-state index is 11.6. The molecule has 176 valence electrons. The van der Waals surface area contributed by atoms with Gasteiger partial charge in [0.1, 0.15) is 17.3 Å². The number of hydrogen-bond donors (Lipinski definition) is 0. The van der Waals surface area contributed by atoms with Crippen molar-refractivity contribution in [1.29, 1.82) is 0 Å². The Hall–Kier alpha value is -3.26. The minimum Gasteiger partial charge on any atom is -0.357 e. The normalized spacial score (nSPS) is 12.1. The fraction of sp³-hybridized carbons (Fsp3) is 0.323. The van der Waals surface area contributed by atoms with Gasteiger partial charge in [0.15, 0.2) is 0 Å². The van der Waals surface area contributed by atoms with Crippen molar-refractivity contribution in [2.45, 2.75) is 64.1 Å². The van der Waals surface area contributed by atoms with Crippen LogP contribution in [0.25, 0.3) is 0 Å². The second kappa shape index (κ2) is 12.8. The highest BCUT2D eigenvalue weighted by Crippen LogP contribution is 2.42. The molecule has 34 heavy (non-hydrogen) atoms. The number of ether oxygens (including phenoxy) is 1. The van der Waals surface area contributed by atoms with Crippen molar-refractivity contribution >= 4 is 11.7 Å². The number of benzene rings is 3. The molecule has 0 bridgehead atoms. The minimum atomic E-state index is -0.837. The summed E-state index contributed by atoms with van der Waals surface area (Å²) in [5, 5.41) is 0. The molecular formula is C31H34O3. The molecule has 3 heteroatoms. The average molecular weight is 455 g/mol. The summed E-state index contributed by atoms with van der Waals surface area (Å²) in [7, 11) is 0. The SMILES string of the molecule is CCC(=C=O)CC(CCCCC(C)=O)OC(c1ccccc1)(c1ccccc1)c1ccccc1. The van der Waals surface area contributed by atoms with E-state index in [-0.39, 0.29) is 11.9 Å². The number of unbranched alkanes of at least 4 members (excludes halogenated alkanes) is 1. The largest absolute Gasteiger partial charge is 0.357 e. The van der Waals surface area contributed by atoms with Gasteiger partial charge in [-0.25, -0.2) is 4.79 Å². The molecule has 0 heterocycles. The van der Waals surface area contributed by atoms with E-state index in [1.165, 1.54) is 0 Å². The molecule has 0 radical (unpaired) electrons. The zero-order valence-corrected chi connectivity index (χ0v) is 20.2. The molecule has 0 saturated carbocycles. The second-order valence-electron chi connectivity index (χ2n) is 8.73. The van der Waals surface area contributed by atoms with Crippen molar-refractivity contribution in [2.24, 2.45) is 0 Å². The first kappa shape index (κ1) is 25.4. The predicted molar refractivity (Wildman–Crippen MR) is 137 cm³/mol. The molecule has 0 aliphatic rings. The Kier molecular flexibility index (Phi) is 9.58. The molecule has 3 rings (SSSR count). The van der Waals surface area contributed by atoms with Gasteiger partial charge in [-0.15, -0.1) is 0 Å². The van der Waals surface area contributed by atoms with E-state index in [2.05, 4.69) is 42.3 Å². The molecule has 0 aromatic heterocycles. The topological polar surface area (TPSA) is 43.4 Å². The third kappa shape index (κ3) is 6.41. The van der Waals surface area contributed by atoms with Crippen molar-refractivity contribution in [3.8, 4) is 0 Å². The van der Waals surface area contributed by atoms with Crippen molar-refractivity contribution in [1.82, 2.24) is 0 Å². The third-order valence-electron chi connectivity index (χ3n) is 6.23. The van der Waals surface area contributed by atoms with Gasteiger partial charge < -0.3 is 9.53 Å². The lowest BCUT2D eigenvalue weighted by molar-refractivity contribution is -0.117. The molecule has 0 N–H and O–H groups in total. The summed E-state index contributed by atoms with van der Waals surface area (Å²) in [5.41, 5.74) is 2.99. The molecule has 0 aliphatic heterocycles. The van der Waals surface area contributed by atoms with E-state index in [1.807, 2.05) is 61.5 Å². The molecule has 3 nitrogen and oxygen atoms in total. The third-order valence-corrected chi connectivity index (χ3v) is 6.23. The highest BCUT2D eigenvalue weighted by atomic mass is 16.5. The van der Waals surface area contributed by atoms with Gasteiger partial charge in [-0.05, 0) is 42.9 Å². The number of carbonyl (C=O) groups excluding carboxylic acids is 2. The maximum Gasteiger partial charge on any atom is 0.144 e. The first-order valence-electron chi connectivity index (χ1n) is 12.2. The van der Waals surface area contributed by atoms with Gasteiger partial charge in [-0.3, -0.25) is 0 Å². The fourth-order valence-corrected chi connectivity index (χ4v) is 4.45. The number of hydrogen-bond acceptors (Lipinski definition) is 3. The Morgan fingerprint density at radius 2 is 1.29 bits per heavy atom. The summed E-state index contributed by atoms with van der Waals surface area (Å²) in [5.74, 6) is 2.33. The van der Waals surface area contributed by atoms with E-state index < -0.39 is 5.60 Å². The smallest absolute Gasteiger partial charge is 0.144 e. The summed E-state index contributed by atoms with van der Waals surface area (Å²) in [6, 6.07) is 30.8. The fourth-order valence-electron chi connectivity index (χ4n) is 4.45.